The first-order valence-corrected chi connectivity index (χ1v) is 13.8. The van der Waals surface area contributed by atoms with Gasteiger partial charge in [-0.05, 0) is 62.0 Å². The fraction of sp³-hybridized carbons (Fsp3) is 0.290. The fourth-order valence-electron chi connectivity index (χ4n) is 4.67. The molecule has 12 heteroatoms. The van der Waals surface area contributed by atoms with E-state index in [1.807, 2.05) is 13.0 Å². The number of hydrogen-bond donors (Lipinski definition) is 2. The molecule has 0 bridgehead atoms. The topological polar surface area (TPSA) is 95.5 Å². The Morgan fingerprint density at radius 3 is 2.56 bits per heavy atom. The van der Waals surface area contributed by atoms with Crippen LogP contribution < -0.4 is 15.4 Å². The van der Waals surface area contributed by atoms with Crippen LogP contribution in [0.1, 0.15) is 21.5 Å². The van der Waals surface area contributed by atoms with Crippen molar-refractivity contribution in [2.75, 3.05) is 57.0 Å². The number of pyridine rings is 1. The van der Waals surface area contributed by atoms with Crippen molar-refractivity contribution < 1.29 is 22.7 Å². The summed E-state index contributed by atoms with van der Waals surface area (Å²) in [4.78, 5) is 30.4. The van der Waals surface area contributed by atoms with Crippen LogP contribution >= 0.6 is 0 Å². The van der Waals surface area contributed by atoms with E-state index in [1.165, 1.54) is 12.4 Å². The number of amides is 1. The van der Waals surface area contributed by atoms with Crippen molar-refractivity contribution in [3.63, 3.8) is 0 Å². The lowest BCUT2D eigenvalue weighted by molar-refractivity contribution is -0.137. The number of nitrogens with one attached hydrogen (secondary N) is 2. The fourth-order valence-corrected chi connectivity index (χ4v) is 4.67. The summed E-state index contributed by atoms with van der Waals surface area (Å²) in [5.74, 6) is -0.00109. The Labute approximate surface area is 247 Å². The zero-order chi connectivity index (χ0) is 30.4. The van der Waals surface area contributed by atoms with Crippen LogP contribution in [0.5, 0.6) is 5.75 Å². The lowest BCUT2D eigenvalue weighted by Gasteiger charge is -2.32. The molecule has 0 aliphatic carbocycles. The van der Waals surface area contributed by atoms with Crippen molar-refractivity contribution in [2.45, 2.75) is 13.1 Å². The predicted octanol–water partition coefficient (Wildman–Crippen LogP) is 5.49. The standard InChI is InChI=1S/C31H32F3N7O2/c1-21-5-6-22(16-28(21)39-29-26(4-3-8-36-29)27-7-9-35-20-37-27)30(42)38-24-17-23(31(32,33)34)18-25(19-24)43-15-14-41-12-10-40(2)11-13-41/h3-9,16-20H,10-15H2,1-2H3,(H,36,39)(H,38,42). The molecule has 2 aromatic heterocycles. The van der Waals surface area contributed by atoms with Crippen LogP contribution in [0.3, 0.4) is 0 Å². The van der Waals surface area contributed by atoms with Crippen LogP contribution in [0.25, 0.3) is 11.3 Å². The van der Waals surface area contributed by atoms with Crippen molar-refractivity contribution >= 4 is 23.1 Å². The number of alkyl halides is 3. The molecule has 0 radical (unpaired) electrons. The average Bonchev–Trinajstić information content (AvgIpc) is 2.99. The second-order valence-corrected chi connectivity index (χ2v) is 10.3. The van der Waals surface area contributed by atoms with Gasteiger partial charge in [0.15, 0.2) is 0 Å². The summed E-state index contributed by atoms with van der Waals surface area (Å²) >= 11 is 0. The van der Waals surface area contributed by atoms with Gasteiger partial charge in [0.05, 0.1) is 11.3 Å². The maximum absolute atomic E-state index is 13.7. The van der Waals surface area contributed by atoms with Gasteiger partial charge in [-0.3, -0.25) is 9.69 Å². The Bertz CT molecular complexity index is 1560. The van der Waals surface area contributed by atoms with Gasteiger partial charge in [-0.2, -0.15) is 13.2 Å². The van der Waals surface area contributed by atoms with E-state index >= 15 is 0 Å². The Kier molecular flexibility index (Phi) is 9.17. The third kappa shape index (κ3) is 7.85. The maximum Gasteiger partial charge on any atom is 0.416 e. The van der Waals surface area contributed by atoms with Crippen molar-refractivity contribution in [1.82, 2.24) is 24.8 Å². The predicted molar refractivity (Wildman–Crippen MR) is 159 cm³/mol. The Balaban J connectivity index is 1.32. The number of nitrogens with zero attached hydrogens (tertiary/aromatic N) is 5. The molecule has 0 unspecified atom stereocenters. The molecule has 0 spiro atoms. The van der Waals surface area contributed by atoms with Crippen LogP contribution in [0.4, 0.5) is 30.4 Å². The highest BCUT2D eigenvalue weighted by Gasteiger charge is 2.32. The minimum atomic E-state index is -4.61. The maximum atomic E-state index is 13.7. The molecule has 224 valence electrons. The molecule has 5 rings (SSSR count). The summed E-state index contributed by atoms with van der Waals surface area (Å²) in [5, 5.41) is 5.87. The lowest BCUT2D eigenvalue weighted by atomic mass is 10.1. The third-order valence-electron chi connectivity index (χ3n) is 7.18. The molecular formula is C31H32F3N7O2. The van der Waals surface area contributed by atoms with Crippen LogP contribution in [0.15, 0.2) is 73.3 Å². The molecular weight excluding hydrogens is 559 g/mol. The number of ether oxygens (including phenoxy) is 1. The second-order valence-electron chi connectivity index (χ2n) is 10.3. The molecule has 2 N–H and O–H groups in total. The first kappa shape index (κ1) is 29.9. The minimum absolute atomic E-state index is 0.0136. The van der Waals surface area contributed by atoms with Crippen molar-refractivity contribution in [3.05, 3.63) is 90.0 Å². The number of aryl methyl sites for hydroxylation is 1. The molecule has 1 aliphatic heterocycles. The Morgan fingerprint density at radius 2 is 1.81 bits per heavy atom. The number of halogens is 3. The summed E-state index contributed by atoms with van der Waals surface area (Å²) in [6, 6.07) is 13.7. The van der Waals surface area contributed by atoms with Gasteiger partial charge >= 0.3 is 6.18 Å². The summed E-state index contributed by atoms with van der Waals surface area (Å²) in [6.07, 6.45) is 0.103. The van der Waals surface area contributed by atoms with E-state index in [0.717, 1.165) is 49.4 Å². The van der Waals surface area contributed by atoms with Gasteiger partial charge in [0.1, 0.15) is 24.5 Å². The molecule has 9 nitrogen and oxygen atoms in total. The summed E-state index contributed by atoms with van der Waals surface area (Å²) in [6.45, 7) is 6.31. The highest BCUT2D eigenvalue weighted by molar-refractivity contribution is 6.05. The van der Waals surface area contributed by atoms with Gasteiger partial charge in [-0.15, -0.1) is 0 Å². The third-order valence-corrected chi connectivity index (χ3v) is 7.18. The van der Waals surface area contributed by atoms with E-state index in [-0.39, 0.29) is 23.6 Å². The molecule has 43 heavy (non-hydrogen) atoms. The van der Waals surface area contributed by atoms with Gasteiger partial charge in [-0.25, -0.2) is 15.0 Å². The zero-order valence-corrected chi connectivity index (χ0v) is 23.9. The Hall–Kier alpha value is -4.55. The number of rotatable bonds is 9. The summed E-state index contributed by atoms with van der Waals surface area (Å²) < 4.78 is 46.9. The molecule has 0 saturated carbocycles. The van der Waals surface area contributed by atoms with E-state index in [1.54, 1.807) is 42.7 Å². The molecule has 1 fully saturated rings. The monoisotopic (exact) mass is 591 g/mol. The largest absolute Gasteiger partial charge is 0.492 e. The molecule has 1 saturated heterocycles. The summed E-state index contributed by atoms with van der Waals surface area (Å²) in [7, 11) is 2.05. The SMILES string of the molecule is Cc1ccc(C(=O)Nc2cc(OCCN3CCN(C)CC3)cc(C(F)(F)F)c2)cc1Nc1ncccc1-c1ccncn1. The van der Waals surface area contributed by atoms with Gasteiger partial charge in [0.25, 0.3) is 5.91 Å². The molecule has 2 aromatic carbocycles. The molecule has 0 atom stereocenters. The van der Waals surface area contributed by atoms with Gasteiger partial charge in [-0.1, -0.05) is 6.07 Å². The first-order valence-electron chi connectivity index (χ1n) is 13.8. The number of aromatic nitrogens is 3. The number of piperazine rings is 1. The van der Waals surface area contributed by atoms with E-state index in [0.29, 0.717) is 23.7 Å². The zero-order valence-electron chi connectivity index (χ0n) is 23.9. The van der Waals surface area contributed by atoms with Gasteiger partial charge in [0, 0.05) is 73.7 Å². The molecule has 1 amide bonds. The molecule has 4 aromatic rings. The average molecular weight is 592 g/mol. The highest BCUT2D eigenvalue weighted by atomic mass is 19.4. The lowest BCUT2D eigenvalue weighted by Crippen LogP contribution is -2.45. The number of likely N-dealkylation sites (N-methyl/N-ethyl adjacent to an activating group) is 1. The normalized spacial score (nSPS) is 14.3. The van der Waals surface area contributed by atoms with Gasteiger partial charge in [0.2, 0.25) is 0 Å². The van der Waals surface area contributed by atoms with E-state index in [4.69, 9.17) is 4.74 Å². The quantitative estimate of drug-likeness (QED) is 0.264. The molecule has 3 heterocycles. The number of hydrogen-bond acceptors (Lipinski definition) is 8. The summed E-state index contributed by atoms with van der Waals surface area (Å²) in [5.41, 5.74) is 2.19. The smallest absolute Gasteiger partial charge is 0.416 e. The minimum Gasteiger partial charge on any atom is -0.492 e. The van der Waals surface area contributed by atoms with E-state index in [2.05, 4.69) is 42.4 Å². The van der Waals surface area contributed by atoms with Crippen LogP contribution in [-0.4, -0.2) is 77.0 Å². The van der Waals surface area contributed by atoms with E-state index in [9.17, 15) is 18.0 Å². The number of benzene rings is 2. The van der Waals surface area contributed by atoms with Crippen molar-refractivity contribution in [3.8, 4) is 17.0 Å². The highest BCUT2D eigenvalue weighted by Crippen LogP contribution is 2.35. The first-order chi connectivity index (χ1) is 20.7. The van der Waals surface area contributed by atoms with Crippen molar-refractivity contribution in [1.29, 1.82) is 0 Å². The van der Waals surface area contributed by atoms with Gasteiger partial charge < -0.3 is 20.3 Å². The number of anilines is 3. The number of carbonyl (C=O) groups excluding carboxylic acids is 1. The second kappa shape index (κ2) is 13.2. The van der Waals surface area contributed by atoms with Crippen LogP contribution in [0, 0.1) is 6.92 Å². The number of carbonyl (C=O) groups is 1. The van der Waals surface area contributed by atoms with Crippen LogP contribution in [0.2, 0.25) is 0 Å². The van der Waals surface area contributed by atoms with Crippen LogP contribution in [-0.2, 0) is 6.18 Å². The molecule has 1 aliphatic rings. The van der Waals surface area contributed by atoms with E-state index < -0.39 is 17.6 Å². The van der Waals surface area contributed by atoms with Crippen molar-refractivity contribution in [2.24, 2.45) is 0 Å². The Morgan fingerprint density at radius 1 is 1.00 bits per heavy atom.